The van der Waals surface area contributed by atoms with Gasteiger partial charge in [-0.1, -0.05) is 60.7 Å². The Labute approximate surface area is 227 Å². The van der Waals surface area contributed by atoms with E-state index in [1.807, 2.05) is 36.4 Å². The maximum Gasteiger partial charge on any atom is 0.121 e. The van der Waals surface area contributed by atoms with E-state index in [-0.39, 0.29) is 0 Å². The number of aromatic nitrogens is 7. The molecule has 7 nitrogen and oxygen atoms in total. The molecular weight excluding hydrogens is 494 g/mol. The summed E-state index contributed by atoms with van der Waals surface area (Å²) in [6.07, 6.45) is 0. The first-order valence-electron chi connectivity index (χ1n) is 13.2. The van der Waals surface area contributed by atoms with E-state index in [1.54, 1.807) is 9.59 Å². The summed E-state index contributed by atoms with van der Waals surface area (Å²) in [4.78, 5) is 3.48. The molecule has 9 rings (SSSR count). The van der Waals surface area contributed by atoms with E-state index in [0.717, 1.165) is 76.8 Å². The number of hydrogen-bond acceptors (Lipinski definition) is 4. The fourth-order valence-electron chi connectivity index (χ4n) is 5.97. The van der Waals surface area contributed by atoms with Gasteiger partial charge < -0.3 is 4.57 Å². The van der Waals surface area contributed by atoms with Gasteiger partial charge in [0.25, 0.3) is 0 Å². The third-order valence-corrected chi connectivity index (χ3v) is 7.99. The van der Waals surface area contributed by atoms with Crippen LogP contribution in [0.15, 0.2) is 109 Å². The fraction of sp³-hybridized carbons (Fsp3) is 0.0303. The minimum Gasteiger partial charge on any atom is -0.344 e. The van der Waals surface area contributed by atoms with Gasteiger partial charge in [0, 0.05) is 39.6 Å². The first-order valence-corrected chi connectivity index (χ1v) is 13.2. The molecule has 6 aromatic carbocycles. The third kappa shape index (κ3) is 2.94. The van der Waals surface area contributed by atoms with Crippen LogP contribution in [-0.2, 0) is 7.05 Å². The van der Waals surface area contributed by atoms with Crippen LogP contribution in [0.5, 0.6) is 0 Å². The second kappa shape index (κ2) is 7.74. The lowest BCUT2D eigenvalue weighted by Gasteiger charge is -2.01. The molecule has 0 aliphatic rings. The predicted molar refractivity (Wildman–Crippen MR) is 160 cm³/mol. The van der Waals surface area contributed by atoms with Crippen molar-refractivity contribution in [2.24, 2.45) is 7.05 Å². The first kappa shape index (κ1) is 21.4. The lowest BCUT2D eigenvalue weighted by molar-refractivity contribution is 0.767. The number of benzene rings is 6. The van der Waals surface area contributed by atoms with Crippen molar-refractivity contribution in [3.05, 3.63) is 109 Å². The summed E-state index contributed by atoms with van der Waals surface area (Å²) < 4.78 is 2.22. The van der Waals surface area contributed by atoms with Crippen LogP contribution in [-0.4, -0.2) is 34.6 Å². The standard InChI is InChI=1S/C33H21N7/c1-38-30-16-12-22(39-34-28-14-10-20-6-2-4-8-24(20)32(28)36-39)18-26(30)27-19-23(13-17-31(27)38)40-35-29-15-11-21-7-3-5-9-25(21)33(29)37-40/h2-19H,1H3. The third-order valence-electron chi connectivity index (χ3n) is 7.99. The van der Waals surface area contributed by atoms with E-state index in [4.69, 9.17) is 20.4 Å². The Bertz CT molecular complexity index is 2290. The van der Waals surface area contributed by atoms with Crippen LogP contribution >= 0.6 is 0 Å². The summed E-state index contributed by atoms with van der Waals surface area (Å²) in [5.74, 6) is 0. The zero-order chi connectivity index (χ0) is 26.4. The molecule has 0 amide bonds. The molecule has 0 spiro atoms. The molecule has 0 saturated heterocycles. The molecule has 0 saturated carbocycles. The Morgan fingerprint density at radius 1 is 0.450 bits per heavy atom. The first-order chi connectivity index (χ1) is 19.7. The molecule has 0 atom stereocenters. The molecule has 0 N–H and O–H groups in total. The second-order valence-corrected chi connectivity index (χ2v) is 10.2. The Hall–Kier alpha value is -5.56. The van der Waals surface area contributed by atoms with Crippen LogP contribution < -0.4 is 0 Å². The monoisotopic (exact) mass is 515 g/mol. The van der Waals surface area contributed by atoms with Crippen molar-refractivity contribution in [1.29, 1.82) is 0 Å². The van der Waals surface area contributed by atoms with E-state index in [1.165, 1.54) is 0 Å². The molecule has 0 radical (unpaired) electrons. The summed E-state index contributed by atoms with van der Waals surface area (Å²) in [5, 5.41) is 26.2. The summed E-state index contributed by atoms with van der Waals surface area (Å²) in [5.41, 5.74) is 7.68. The van der Waals surface area contributed by atoms with E-state index in [0.29, 0.717) is 0 Å². The van der Waals surface area contributed by atoms with Crippen molar-refractivity contribution in [2.45, 2.75) is 0 Å². The summed E-state index contributed by atoms with van der Waals surface area (Å²) >= 11 is 0. The summed E-state index contributed by atoms with van der Waals surface area (Å²) in [6, 6.07) is 37.6. The molecule has 9 aromatic rings. The van der Waals surface area contributed by atoms with Gasteiger partial charge >= 0.3 is 0 Å². The molecule has 0 aliphatic carbocycles. The molecule has 188 valence electrons. The molecule has 3 aromatic heterocycles. The van der Waals surface area contributed by atoms with Gasteiger partial charge in [-0.15, -0.1) is 20.4 Å². The Morgan fingerprint density at radius 2 is 0.925 bits per heavy atom. The number of rotatable bonds is 2. The maximum absolute atomic E-state index is 4.89. The zero-order valence-corrected chi connectivity index (χ0v) is 21.5. The van der Waals surface area contributed by atoms with Gasteiger partial charge in [-0.05, 0) is 59.3 Å². The number of aryl methyl sites for hydroxylation is 1. The molecular formula is C33H21N7. The Kier molecular flexibility index (Phi) is 4.14. The SMILES string of the molecule is Cn1c2ccc(-n3nc4ccc5ccccc5c4n3)cc2c2cc(-n3nc4ccc5ccccc5c4n3)ccc21. The van der Waals surface area contributed by atoms with E-state index >= 15 is 0 Å². The summed E-state index contributed by atoms with van der Waals surface area (Å²) in [7, 11) is 2.10. The van der Waals surface area contributed by atoms with Gasteiger partial charge in [0.15, 0.2) is 0 Å². The Morgan fingerprint density at radius 3 is 1.43 bits per heavy atom. The molecule has 0 bridgehead atoms. The van der Waals surface area contributed by atoms with E-state index < -0.39 is 0 Å². The van der Waals surface area contributed by atoms with Crippen LogP contribution in [0.25, 0.3) is 76.8 Å². The molecule has 0 unspecified atom stereocenters. The molecule has 0 aliphatic heterocycles. The molecule has 3 heterocycles. The lowest BCUT2D eigenvalue weighted by Crippen LogP contribution is -1.98. The van der Waals surface area contributed by atoms with Gasteiger partial charge in [-0.25, -0.2) is 0 Å². The smallest absolute Gasteiger partial charge is 0.121 e. The largest absolute Gasteiger partial charge is 0.344 e. The van der Waals surface area contributed by atoms with Crippen LogP contribution in [0.4, 0.5) is 0 Å². The average molecular weight is 516 g/mol. The highest BCUT2D eigenvalue weighted by Crippen LogP contribution is 2.32. The van der Waals surface area contributed by atoms with Gasteiger partial charge in [-0.2, -0.15) is 9.59 Å². The normalized spacial score (nSPS) is 12.1. The minimum absolute atomic E-state index is 0.878. The molecule has 40 heavy (non-hydrogen) atoms. The highest BCUT2D eigenvalue weighted by molar-refractivity contribution is 6.09. The van der Waals surface area contributed by atoms with Crippen molar-refractivity contribution in [3.8, 4) is 11.4 Å². The average Bonchev–Trinajstić information content (AvgIpc) is 3.72. The van der Waals surface area contributed by atoms with Crippen molar-refractivity contribution in [3.63, 3.8) is 0 Å². The number of nitrogens with zero attached hydrogens (tertiary/aromatic N) is 7. The van der Waals surface area contributed by atoms with Crippen LogP contribution in [0.1, 0.15) is 0 Å². The van der Waals surface area contributed by atoms with Gasteiger partial charge in [0.2, 0.25) is 0 Å². The Balaban J connectivity index is 1.22. The zero-order valence-electron chi connectivity index (χ0n) is 21.5. The maximum atomic E-state index is 4.89. The van der Waals surface area contributed by atoms with Crippen LogP contribution in [0.3, 0.4) is 0 Å². The van der Waals surface area contributed by atoms with Gasteiger partial charge in [0.1, 0.15) is 22.1 Å². The quantitative estimate of drug-likeness (QED) is 0.246. The summed E-state index contributed by atoms with van der Waals surface area (Å²) in [6.45, 7) is 0. The molecule has 7 heteroatoms. The van der Waals surface area contributed by atoms with E-state index in [9.17, 15) is 0 Å². The highest BCUT2D eigenvalue weighted by atomic mass is 15.5. The number of hydrogen-bond donors (Lipinski definition) is 0. The van der Waals surface area contributed by atoms with Gasteiger partial charge in [-0.3, -0.25) is 0 Å². The van der Waals surface area contributed by atoms with E-state index in [2.05, 4.69) is 84.4 Å². The second-order valence-electron chi connectivity index (χ2n) is 10.2. The van der Waals surface area contributed by atoms with Crippen molar-refractivity contribution >= 4 is 65.4 Å². The van der Waals surface area contributed by atoms with Crippen LogP contribution in [0, 0.1) is 0 Å². The number of fused-ring (bicyclic) bond motifs is 9. The topological polar surface area (TPSA) is 66.3 Å². The predicted octanol–water partition coefficient (Wildman–Crippen LogP) is 7.11. The van der Waals surface area contributed by atoms with Gasteiger partial charge in [0.05, 0.1) is 11.4 Å². The minimum atomic E-state index is 0.878. The van der Waals surface area contributed by atoms with Crippen molar-refractivity contribution < 1.29 is 0 Å². The van der Waals surface area contributed by atoms with Crippen LogP contribution in [0.2, 0.25) is 0 Å². The molecule has 0 fully saturated rings. The highest BCUT2D eigenvalue weighted by Gasteiger charge is 2.15. The van der Waals surface area contributed by atoms with Crippen molar-refractivity contribution in [1.82, 2.24) is 34.6 Å². The van der Waals surface area contributed by atoms with Crippen molar-refractivity contribution in [2.75, 3.05) is 0 Å². The fourth-order valence-corrected chi connectivity index (χ4v) is 5.97. The lowest BCUT2D eigenvalue weighted by atomic mass is 10.1.